The largest absolute Gasteiger partial charge is 0.378 e. The molecule has 94 valence electrons. The first kappa shape index (κ1) is 13.5. The molecule has 1 fully saturated rings. The lowest BCUT2D eigenvalue weighted by Gasteiger charge is -2.36. The molecule has 0 aromatic carbocycles. The van der Waals surface area contributed by atoms with Crippen LogP contribution in [0.2, 0.25) is 0 Å². The first-order chi connectivity index (χ1) is 7.37. The predicted molar refractivity (Wildman–Crippen MR) is 64.4 cm³/mol. The monoisotopic (exact) mass is 228 g/mol. The minimum Gasteiger partial charge on any atom is -0.378 e. The number of rotatable bonds is 4. The fourth-order valence-corrected chi connectivity index (χ4v) is 1.94. The van der Waals surface area contributed by atoms with E-state index < -0.39 is 0 Å². The molecular weight excluding hydrogens is 204 g/mol. The minimum absolute atomic E-state index is 0.0494. The van der Waals surface area contributed by atoms with Crippen molar-refractivity contribution in [2.75, 3.05) is 20.2 Å². The van der Waals surface area contributed by atoms with Crippen LogP contribution in [0, 0.1) is 0 Å². The van der Waals surface area contributed by atoms with Gasteiger partial charge in [-0.25, -0.2) is 0 Å². The van der Waals surface area contributed by atoms with Crippen LogP contribution in [0.4, 0.5) is 0 Å². The Labute approximate surface area is 98.1 Å². The van der Waals surface area contributed by atoms with Crippen molar-refractivity contribution >= 4 is 5.91 Å². The summed E-state index contributed by atoms with van der Waals surface area (Å²) in [4.78, 5) is 11.9. The Balaban J connectivity index is 2.44. The number of nitrogens with one attached hydrogen (secondary N) is 2. The summed E-state index contributed by atoms with van der Waals surface area (Å²) in [5.41, 5.74) is -0.431. The number of piperidine rings is 1. The topological polar surface area (TPSA) is 50.4 Å². The van der Waals surface area contributed by atoms with Crippen molar-refractivity contribution in [1.82, 2.24) is 10.6 Å². The average molecular weight is 228 g/mol. The molecule has 1 saturated heterocycles. The van der Waals surface area contributed by atoms with Crippen molar-refractivity contribution in [3.8, 4) is 0 Å². The van der Waals surface area contributed by atoms with E-state index in [2.05, 4.69) is 17.6 Å². The van der Waals surface area contributed by atoms with Crippen LogP contribution in [0.3, 0.4) is 0 Å². The normalized spacial score (nSPS) is 20.5. The molecule has 1 heterocycles. The third-order valence-electron chi connectivity index (χ3n) is 3.29. The van der Waals surface area contributed by atoms with E-state index in [0.717, 1.165) is 25.9 Å². The lowest BCUT2D eigenvalue weighted by Crippen LogP contribution is -2.53. The standard InChI is InChI=1S/C12H24N2O2/c1-11(2,16-4)9-10(15)14-12(3)5-7-13-8-6-12/h13H,5-9H2,1-4H3,(H,14,15). The lowest BCUT2D eigenvalue weighted by molar-refractivity contribution is -0.128. The van der Waals surface area contributed by atoms with Crippen LogP contribution < -0.4 is 10.6 Å². The zero-order valence-electron chi connectivity index (χ0n) is 10.9. The average Bonchev–Trinajstić information content (AvgIpc) is 2.17. The van der Waals surface area contributed by atoms with Crippen LogP contribution >= 0.6 is 0 Å². The van der Waals surface area contributed by atoms with Crippen LogP contribution in [0.5, 0.6) is 0 Å². The van der Waals surface area contributed by atoms with Crippen molar-refractivity contribution in [2.24, 2.45) is 0 Å². The molecule has 1 amide bonds. The van der Waals surface area contributed by atoms with Gasteiger partial charge in [-0.15, -0.1) is 0 Å². The summed E-state index contributed by atoms with van der Waals surface area (Å²) in [6.45, 7) is 7.93. The van der Waals surface area contributed by atoms with Crippen molar-refractivity contribution in [1.29, 1.82) is 0 Å². The number of hydrogen-bond acceptors (Lipinski definition) is 3. The molecule has 0 bridgehead atoms. The van der Waals surface area contributed by atoms with Gasteiger partial charge >= 0.3 is 0 Å². The molecule has 0 aliphatic carbocycles. The first-order valence-electron chi connectivity index (χ1n) is 5.94. The van der Waals surface area contributed by atoms with Gasteiger partial charge in [0, 0.05) is 12.6 Å². The molecule has 0 unspecified atom stereocenters. The molecule has 0 saturated carbocycles. The van der Waals surface area contributed by atoms with Crippen molar-refractivity contribution in [2.45, 2.75) is 51.2 Å². The molecule has 0 aromatic heterocycles. The molecule has 16 heavy (non-hydrogen) atoms. The molecule has 0 spiro atoms. The molecule has 0 radical (unpaired) electrons. The summed E-state index contributed by atoms with van der Waals surface area (Å²) >= 11 is 0. The molecule has 0 atom stereocenters. The lowest BCUT2D eigenvalue weighted by atomic mass is 9.90. The fraction of sp³-hybridized carbons (Fsp3) is 0.917. The second-order valence-electron chi connectivity index (χ2n) is 5.50. The molecular formula is C12H24N2O2. The van der Waals surface area contributed by atoms with Gasteiger partial charge in [0.1, 0.15) is 0 Å². The van der Waals surface area contributed by atoms with Gasteiger partial charge in [-0.05, 0) is 46.7 Å². The van der Waals surface area contributed by atoms with Gasteiger partial charge in [0.15, 0.2) is 0 Å². The molecule has 4 heteroatoms. The molecule has 2 N–H and O–H groups in total. The quantitative estimate of drug-likeness (QED) is 0.756. The van der Waals surface area contributed by atoms with Gasteiger partial charge in [-0.2, -0.15) is 0 Å². The van der Waals surface area contributed by atoms with Crippen LogP contribution in [-0.2, 0) is 9.53 Å². The number of carbonyl (C=O) groups is 1. The van der Waals surface area contributed by atoms with E-state index in [9.17, 15) is 4.79 Å². The zero-order valence-corrected chi connectivity index (χ0v) is 10.9. The number of hydrogen-bond donors (Lipinski definition) is 2. The smallest absolute Gasteiger partial charge is 0.223 e. The van der Waals surface area contributed by atoms with Crippen molar-refractivity contribution in [3.05, 3.63) is 0 Å². The summed E-state index contributed by atoms with van der Waals surface area (Å²) in [5, 5.41) is 6.42. The van der Waals surface area contributed by atoms with E-state index in [0.29, 0.717) is 6.42 Å². The highest BCUT2D eigenvalue weighted by Crippen LogP contribution is 2.19. The van der Waals surface area contributed by atoms with Crippen LogP contribution in [0.1, 0.15) is 40.0 Å². The van der Waals surface area contributed by atoms with E-state index in [4.69, 9.17) is 4.74 Å². The molecule has 1 aliphatic rings. The highest BCUT2D eigenvalue weighted by Gasteiger charge is 2.30. The Kier molecular flexibility index (Phi) is 4.33. The first-order valence-corrected chi connectivity index (χ1v) is 5.94. The second kappa shape index (κ2) is 5.15. The molecule has 1 rings (SSSR count). The van der Waals surface area contributed by atoms with E-state index in [1.54, 1.807) is 7.11 Å². The van der Waals surface area contributed by atoms with Crippen molar-refractivity contribution in [3.63, 3.8) is 0 Å². The van der Waals surface area contributed by atoms with Gasteiger partial charge in [0.05, 0.1) is 12.0 Å². The summed E-state index contributed by atoms with van der Waals surface area (Å²) in [6, 6.07) is 0. The van der Waals surface area contributed by atoms with Crippen molar-refractivity contribution < 1.29 is 9.53 Å². The van der Waals surface area contributed by atoms with E-state index in [1.807, 2.05) is 13.8 Å². The van der Waals surface area contributed by atoms with E-state index in [-0.39, 0.29) is 17.0 Å². The fourth-order valence-electron chi connectivity index (χ4n) is 1.94. The Hall–Kier alpha value is -0.610. The third kappa shape index (κ3) is 4.10. The number of methoxy groups -OCH3 is 1. The SMILES string of the molecule is COC(C)(C)CC(=O)NC1(C)CCNCC1. The van der Waals surface area contributed by atoms with Gasteiger partial charge < -0.3 is 15.4 Å². The van der Waals surface area contributed by atoms with Crippen LogP contribution in [-0.4, -0.2) is 37.2 Å². The maximum atomic E-state index is 11.9. The minimum atomic E-state index is -0.382. The van der Waals surface area contributed by atoms with Gasteiger partial charge in [-0.1, -0.05) is 0 Å². The maximum Gasteiger partial charge on any atom is 0.223 e. The third-order valence-corrected chi connectivity index (χ3v) is 3.29. The molecule has 0 aromatic rings. The Bertz CT molecular complexity index is 245. The number of ether oxygens (including phenoxy) is 1. The maximum absolute atomic E-state index is 11.9. The highest BCUT2D eigenvalue weighted by molar-refractivity contribution is 5.77. The van der Waals surface area contributed by atoms with Crippen LogP contribution in [0.15, 0.2) is 0 Å². The summed E-state index contributed by atoms with van der Waals surface area (Å²) in [6.07, 6.45) is 2.39. The number of amides is 1. The van der Waals surface area contributed by atoms with Crippen LogP contribution in [0.25, 0.3) is 0 Å². The Morgan fingerprint density at radius 3 is 2.50 bits per heavy atom. The van der Waals surface area contributed by atoms with Gasteiger partial charge in [0.25, 0.3) is 0 Å². The molecule has 1 aliphatic heterocycles. The predicted octanol–water partition coefficient (Wildman–Crippen LogP) is 1.06. The summed E-state index contributed by atoms with van der Waals surface area (Å²) in [7, 11) is 1.64. The highest BCUT2D eigenvalue weighted by atomic mass is 16.5. The Morgan fingerprint density at radius 1 is 1.44 bits per heavy atom. The summed E-state index contributed by atoms with van der Waals surface area (Å²) in [5.74, 6) is 0.0799. The molecule has 4 nitrogen and oxygen atoms in total. The van der Waals surface area contributed by atoms with E-state index >= 15 is 0 Å². The number of carbonyl (C=O) groups excluding carboxylic acids is 1. The summed E-state index contributed by atoms with van der Waals surface area (Å²) < 4.78 is 5.26. The van der Waals surface area contributed by atoms with Gasteiger partial charge in [-0.3, -0.25) is 4.79 Å². The zero-order chi connectivity index (χ0) is 12.2. The van der Waals surface area contributed by atoms with Gasteiger partial charge in [0.2, 0.25) is 5.91 Å². The van der Waals surface area contributed by atoms with E-state index in [1.165, 1.54) is 0 Å². The second-order valence-corrected chi connectivity index (χ2v) is 5.50. The Morgan fingerprint density at radius 2 is 2.00 bits per heavy atom.